The van der Waals surface area contributed by atoms with Crippen LogP contribution in [-0.4, -0.2) is 5.97 Å². The van der Waals surface area contributed by atoms with Crippen molar-refractivity contribution in [3.63, 3.8) is 0 Å². The van der Waals surface area contributed by atoms with Crippen molar-refractivity contribution in [1.82, 2.24) is 0 Å². The maximum atomic E-state index is 10.1. The van der Waals surface area contributed by atoms with Gasteiger partial charge >= 0.3 is 5.97 Å². The molecule has 1 aliphatic rings. The highest BCUT2D eigenvalue weighted by molar-refractivity contribution is 5.74. The standard InChI is InChI=1S/C6H7O2/c1-5(7)8-6-3-2-4-6/h3H,1-2,4H2. The number of ether oxygens (including phenoxy) is 1. The molecule has 8 heavy (non-hydrogen) atoms. The van der Waals surface area contributed by atoms with Crippen molar-refractivity contribution >= 4 is 5.97 Å². The van der Waals surface area contributed by atoms with Gasteiger partial charge in [0.15, 0.2) is 0 Å². The molecular weight excluding hydrogens is 104 g/mol. The molecule has 1 aliphatic carbocycles. The molecule has 0 aromatic rings. The minimum absolute atomic E-state index is 0.462. The van der Waals surface area contributed by atoms with Crippen LogP contribution in [0.2, 0.25) is 0 Å². The fraction of sp³-hybridized carbons (Fsp3) is 0.333. The summed E-state index contributed by atoms with van der Waals surface area (Å²) in [6.45, 7) is 3.06. The lowest BCUT2D eigenvalue weighted by Crippen LogP contribution is -2.03. The minimum Gasteiger partial charge on any atom is -0.431 e. The van der Waals surface area contributed by atoms with E-state index in [1.807, 2.05) is 6.08 Å². The molecule has 2 heteroatoms. The average molecular weight is 111 g/mol. The Labute approximate surface area is 48.1 Å². The molecule has 0 bridgehead atoms. The summed E-state index contributed by atoms with van der Waals surface area (Å²) in [5.74, 6) is 0.306. The molecule has 0 saturated carbocycles. The van der Waals surface area contributed by atoms with Gasteiger partial charge < -0.3 is 4.74 Å². The molecule has 0 fully saturated rings. The Hall–Kier alpha value is -0.790. The van der Waals surface area contributed by atoms with E-state index in [-0.39, 0.29) is 0 Å². The molecule has 0 aliphatic heterocycles. The van der Waals surface area contributed by atoms with E-state index in [2.05, 4.69) is 11.7 Å². The van der Waals surface area contributed by atoms with E-state index in [0.29, 0.717) is 0 Å². The number of rotatable bonds is 1. The Balaban J connectivity index is 2.29. The Morgan fingerprint density at radius 1 is 1.88 bits per heavy atom. The predicted molar refractivity (Wildman–Crippen MR) is 28.8 cm³/mol. The van der Waals surface area contributed by atoms with Crippen LogP contribution in [0.5, 0.6) is 0 Å². The highest BCUT2D eigenvalue weighted by Gasteiger charge is 2.07. The van der Waals surface area contributed by atoms with E-state index in [9.17, 15) is 4.79 Å². The highest BCUT2D eigenvalue weighted by Crippen LogP contribution is 2.18. The average Bonchev–Trinajstić information content (AvgIpc) is 1.55. The van der Waals surface area contributed by atoms with Crippen LogP contribution in [0.1, 0.15) is 12.8 Å². The summed E-state index contributed by atoms with van der Waals surface area (Å²) in [6, 6.07) is 0. The Morgan fingerprint density at radius 3 is 2.62 bits per heavy atom. The molecule has 1 rings (SSSR count). The third-order valence-electron chi connectivity index (χ3n) is 1.01. The van der Waals surface area contributed by atoms with Gasteiger partial charge in [0.05, 0.1) is 6.92 Å². The fourth-order valence-corrected chi connectivity index (χ4v) is 0.501. The molecule has 0 N–H and O–H groups in total. The second-order valence-electron chi connectivity index (χ2n) is 1.68. The van der Waals surface area contributed by atoms with Gasteiger partial charge in [0, 0.05) is 6.42 Å². The first kappa shape index (κ1) is 5.35. The molecule has 43 valence electrons. The third kappa shape index (κ3) is 1.09. The van der Waals surface area contributed by atoms with Crippen LogP contribution in [0, 0.1) is 6.92 Å². The summed E-state index contributed by atoms with van der Waals surface area (Å²) in [5, 5.41) is 0. The smallest absolute Gasteiger partial charge is 0.311 e. The zero-order chi connectivity index (χ0) is 5.98. The first-order chi connectivity index (χ1) is 3.79. The van der Waals surface area contributed by atoms with Crippen LogP contribution in [0.25, 0.3) is 0 Å². The first-order valence-corrected chi connectivity index (χ1v) is 2.52. The van der Waals surface area contributed by atoms with E-state index >= 15 is 0 Å². The molecule has 2 nitrogen and oxygen atoms in total. The Morgan fingerprint density at radius 2 is 2.50 bits per heavy atom. The fourth-order valence-electron chi connectivity index (χ4n) is 0.501. The van der Waals surface area contributed by atoms with Gasteiger partial charge in [0.2, 0.25) is 0 Å². The third-order valence-corrected chi connectivity index (χ3v) is 1.01. The van der Waals surface area contributed by atoms with Crippen LogP contribution in [-0.2, 0) is 9.53 Å². The van der Waals surface area contributed by atoms with Crippen LogP contribution >= 0.6 is 0 Å². The molecule has 0 amide bonds. The van der Waals surface area contributed by atoms with Gasteiger partial charge in [0.25, 0.3) is 0 Å². The molecule has 0 heterocycles. The molecule has 0 aromatic heterocycles. The monoisotopic (exact) mass is 111 g/mol. The van der Waals surface area contributed by atoms with Crippen molar-refractivity contribution in [2.45, 2.75) is 12.8 Å². The molecule has 0 saturated heterocycles. The second-order valence-corrected chi connectivity index (χ2v) is 1.68. The van der Waals surface area contributed by atoms with Crippen LogP contribution in [0.3, 0.4) is 0 Å². The lowest BCUT2D eigenvalue weighted by Gasteiger charge is -2.11. The van der Waals surface area contributed by atoms with Gasteiger partial charge in [-0.15, -0.1) is 0 Å². The second kappa shape index (κ2) is 1.99. The Kier molecular flexibility index (Phi) is 1.33. The minimum atomic E-state index is -0.462. The molecular formula is C6H7O2. The number of esters is 1. The van der Waals surface area contributed by atoms with E-state index in [0.717, 1.165) is 18.6 Å². The van der Waals surface area contributed by atoms with Crippen molar-refractivity contribution < 1.29 is 9.53 Å². The maximum absolute atomic E-state index is 10.1. The van der Waals surface area contributed by atoms with Gasteiger partial charge in [-0.3, -0.25) is 4.79 Å². The first-order valence-electron chi connectivity index (χ1n) is 2.52. The van der Waals surface area contributed by atoms with Crippen molar-refractivity contribution in [3.8, 4) is 0 Å². The lowest BCUT2D eigenvalue weighted by atomic mass is 10.1. The number of allylic oxidation sites excluding steroid dienone is 2. The quantitative estimate of drug-likeness (QED) is 0.472. The SMILES string of the molecule is [CH2]C(=O)OC1=CCC1. The van der Waals surface area contributed by atoms with Crippen LogP contribution in [0.4, 0.5) is 0 Å². The molecule has 0 atom stereocenters. The number of carbonyl (C=O) groups is 1. The number of carbonyl (C=O) groups excluding carboxylic acids is 1. The topological polar surface area (TPSA) is 26.3 Å². The van der Waals surface area contributed by atoms with Gasteiger partial charge in [0.1, 0.15) is 5.76 Å². The van der Waals surface area contributed by atoms with Gasteiger partial charge in [-0.25, -0.2) is 0 Å². The highest BCUT2D eigenvalue weighted by atomic mass is 16.5. The van der Waals surface area contributed by atoms with Crippen LogP contribution < -0.4 is 0 Å². The summed E-state index contributed by atoms with van der Waals surface area (Å²) >= 11 is 0. The number of hydrogen-bond donors (Lipinski definition) is 0. The van der Waals surface area contributed by atoms with E-state index < -0.39 is 5.97 Å². The summed E-state index contributed by atoms with van der Waals surface area (Å²) in [4.78, 5) is 10.1. The largest absolute Gasteiger partial charge is 0.431 e. The zero-order valence-corrected chi connectivity index (χ0v) is 4.52. The van der Waals surface area contributed by atoms with E-state index in [1.54, 1.807) is 0 Å². The normalized spacial score (nSPS) is 16.4. The van der Waals surface area contributed by atoms with Gasteiger partial charge in [-0.2, -0.15) is 0 Å². The van der Waals surface area contributed by atoms with Gasteiger partial charge in [-0.1, -0.05) is 0 Å². The molecule has 0 unspecified atom stereocenters. The molecule has 0 spiro atoms. The van der Waals surface area contributed by atoms with Crippen molar-refractivity contribution in [2.75, 3.05) is 0 Å². The summed E-state index contributed by atoms with van der Waals surface area (Å²) in [7, 11) is 0. The van der Waals surface area contributed by atoms with Gasteiger partial charge in [-0.05, 0) is 12.5 Å². The van der Waals surface area contributed by atoms with Crippen molar-refractivity contribution in [1.29, 1.82) is 0 Å². The maximum Gasteiger partial charge on any atom is 0.311 e. The lowest BCUT2D eigenvalue weighted by molar-refractivity contribution is -0.134. The summed E-state index contributed by atoms with van der Waals surface area (Å²) < 4.78 is 4.60. The van der Waals surface area contributed by atoms with Crippen molar-refractivity contribution in [2.24, 2.45) is 0 Å². The van der Waals surface area contributed by atoms with Crippen molar-refractivity contribution in [3.05, 3.63) is 18.8 Å². The number of hydrogen-bond acceptors (Lipinski definition) is 2. The zero-order valence-electron chi connectivity index (χ0n) is 4.52. The van der Waals surface area contributed by atoms with E-state index in [4.69, 9.17) is 0 Å². The predicted octanol–water partition coefficient (Wildman–Crippen LogP) is 1.04. The molecule has 1 radical (unpaired) electrons. The van der Waals surface area contributed by atoms with Crippen LogP contribution in [0.15, 0.2) is 11.8 Å². The van der Waals surface area contributed by atoms with E-state index in [1.165, 1.54) is 0 Å². The summed E-state index contributed by atoms with van der Waals surface area (Å²) in [5.41, 5.74) is 0. The Bertz CT molecular complexity index is 135. The summed E-state index contributed by atoms with van der Waals surface area (Å²) in [6.07, 6.45) is 3.80. The molecule has 0 aromatic carbocycles.